The van der Waals surface area contributed by atoms with Gasteiger partial charge >= 0.3 is 0 Å². The fourth-order valence-corrected chi connectivity index (χ4v) is 8.71. The predicted octanol–water partition coefficient (Wildman–Crippen LogP) is 3.71. The molecule has 6 heteroatoms. The molecule has 0 radical (unpaired) electrons. The zero-order valence-corrected chi connectivity index (χ0v) is 19.2. The predicted molar refractivity (Wildman–Crippen MR) is 119 cm³/mol. The van der Waals surface area contributed by atoms with Crippen LogP contribution in [0.5, 0.6) is 0 Å². The molecule has 0 spiro atoms. The first kappa shape index (κ1) is 21.0. The minimum Gasteiger partial charge on any atom is -0.406 e. The molecular formula is C22H27BrN2O2Si. The topological polar surface area (TPSA) is 47.3 Å². The number of aliphatic hydroxyl groups excluding tert-OH is 1. The van der Waals surface area contributed by atoms with Gasteiger partial charge in [0.15, 0.2) is 0 Å². The number of aromatic nitrogens is 2. The van der Waals surface area contributed by atoms with Gasteiger partial charge in [-0.15, -0.1) is 0 Å². The highest BCUT2D eigenvalue weighted by atomic mass is 79.9. The summed E-state index contributed by atoms with van der Waals surface area (Å²) >= 11 is 3.44. The molecule has 2 aromatic carbocycles. The Balaban J connectivity index is 1.96. The van der Waals surface area contributed by atoms with Crippen LogP contribution in [0.25, 0.3) is 0 Å². The first-order valence-electron chi connectivity index (χ1n) is 9.46. The van der Waals surface area contributed by atoms with E-state index in [0.29, 0.717) is 18.8 Å². The smallest absolute Gasteiger partial charge is 0.261 e. The molecule has 0 atom stereocenters. The molecule has 1 N–H and O–H groups in total. The normalized spacial score (nSPS) is 12.3. The molecule has 0 aliphatic carbocycles. The Morgan fingerprint density at radius 2 is 1.54 bits per heavy atom. The third-order valence-corrected chi connectivity index (χ3v) is 10.7. The van der Waals surface area contributed by atoms with Gasteiger partial charge in [-0.1, -0.05) is 81.4 Å². The lowest BCUT2D eigenvalue weighted by atomic mass is 10.2. The van der Waals surface area contributed by atoms with Gasteiger partial charge in [0.05, 0.1) is 24.2 Å². The van der Waals surface area contributed by atoms with Crippen LogP contribution in [0.4, 0.5) is 0 Å². The Bertz CT molecular complexity index is 852. The fraction of sp³-hybridized carbons (Fsp3) is 0.318. The van der Waals surface area contributed by atoms with E-state index in [-0.39, 0.29) is 11.6 Å². The summed E-state index contributed by atoms with van der Waals surface area (Å²) in [5.41, 5.74) is 0.644. The van der Waals surface area contributed by atoms with Gasteiger partial charge in [0.1, 0.15) is 5.69 Å². The van der Waals surface area contributed by atoms with Crippen LogP contribution in [0, 0.1) is 0 Å². The minimum absolute atomic E-state index is 0.0450. The number of hydrogen-bond acceptors (Lipinski definition) is 3. The summed E-state index contributed by atoms with van der Waals surface area (Å²) in [6.07, 6.45) is 1.89. The van der Waals surface area contributed by atoms with Crippen molar-refractivity contribution >= 4 is 34.6 Å². The van der Waals surface area contributed by atoms with E-state index in [9.17, 15) is 5.11 Å². The van der Waals surface area contributed by atoms with Crippen LogP contribution >= 0.6 is 15.9 Å². The van der Waals surface area contributed by atoms with E-state index in [1.807, 2.05) is 23.0 Å². The monoisotopic (exact) mass is 458 g/mol. The highest BCUT2D eigenvalue weighted by Crippen LogP contribution is 2.36. The van der Waals surface area contributed by atoms with Crippen molar-refractivity contribution in [1.29, 1.82) is 0 Å². The molecule has 1 aromatic heterocycles. The average Bonchev–Trinajstić information content (AvgIpc) is 3.05. The second-order valence-corrected chi connectivity index (χ2v) is 13.0. The summed E-state index contributed by atoms with van der Waals surface area (Å²) in [6, 6.07) is 21.2. The third kappa shape index (κ3) is 4.15. The van der Waals surface area contributed by atoms with Crippen LogP contribution in [0.15, 0.2) is 71.3 Å². The maximum absolute atomic E-state index is 9.36. The van der Waals surface area contributed by atoms with Crippen molar-refractivity contribution in [2.24, 2.45) is 0 Å². The number of benzene rings is 2. The summed E-state index contributed by atoms with van der Waals surface area (Å²) in [6.45, 7) is 7.91. The van der Waals surface area contributed by atoms with Gasteiger partial charge in [0.2, 0.25) is 0 Å². The van der Waals surface area contributed by atoms with Gasteiger partial charge < -0.3 is 9.53 Å². The highest BCUT2D eigenvalue weighted by molar-refractivity contribution is 9.10. The Labute approximate surface area is 176 Å². The molecule has 0 aliphatic heterocycles. The molecule has 3 aromatic rings. The van der Waals surface area contributed by atoms with Crippen LogP contribution in [0.2, 0.25) is 5.04 Å². The Kier molecular flexibility index (Phi) is 6.55. The van der Waals surface area contributed by atoms with Crippen molar-refractivity contribution in [2.75, 3.05) is 6.61 Å². The highest BCUT2D eigenvalue weighted by Gasteiger charge is 2.49. The lowest BCUT2D eigenvalue weighted by molar-refractivity contribution is 0.264. The molecule has 0 fully saturated rings. The zero-order valence-electron chi connectivity index (χ0n) is 16.6. The van der Waals surface area contributed by atoms with Crippen molar-refractivity contribution in [3.05, 3.63) is 77.0 Å². The van der Waals surface area contributed by atoms with Crippen molar-refractivity contribution in [3.8, 4) is 0 Å². The number of nitrogens with zero attached hydrogens (tertiary/aromatic N) is 2. The van der Waals surface area contributed by atoms with Gasteiger partial charge in [-0.2, -0.15) is 5.10 Å². The van der Waals surface area contributed by atoms with Gasteiger partial charge in [0.25, 0.3) is 8.32 Å². The first-order valence-corrected chi connectivity index (χ1v) is 12.2. The molecule has 0 unspecified atom stereocenters. The summed E-state index contributed by atoms with van der Waals surface area (Å²) in [4.78, 5) is 0. The summed E-state index contributed by atoms with van der Waals surface area (Å²) in [5.74, 6) is 0. The van der Waals surface area contributed by atoms with Crippen molar-refractivity contribution < 1.29 is 9.53 Å². The molecule has 3 rings (SSSR count). The average molecular weight is 459 g/mol. The van der Waals surface area contributed by atoms with E-state index < -0.39 is 8.32 Å². The molecule has 148 valence electrons. The van der Waals surface area contributed by atoms with E-state index in [4.69, 9.17) is 4.43 Å². The van der Waals surface area contributed by atoms with Gasteiger partial charge in [0, 0.05) is 6.20 Å². The molecule has 28 heavy (non-hydrogen) atoms. The molecule has 0 aliphatic rings. The second kappa shape index (κ2) is 8.74. The number of rotatable bonds is 7. The SMILES string of the molecule is CC(C)(C)[Si](OCCn1cc(Br)c(CO)n1)(c1ccccc1)c1ccccc1. The quantitative estimate of drug-likeness (QED) is 0.548. The van der Waals surface area contributed by atoms with Gasteiger partial charge in [-0.3, -0.25) is 4.68 Å². The molecule has 0 saturated carbocycles. The summed E-state index contributed by atoms with van der Waals surface area (Å²) < 4.78 is 9.50. The second-order valence-electron chi connectivity index (χ2n) is 7.86. The molecule has 4 nitrogen and oxygen atoms in total. The first-order chi connectivity index (χ1) is 13.4. The Morgan fingerprint density at radius 1 is 1.00 bits per heavy atom. The fourth-order valence-electron chi connectivity index (χ4n) is 3.71. The van der Waals surface area contributed by atoms with Crippen LogP contribution in [0.3, 0.4) is 0 Å². The van der Waals surface area contributed by atoms with Crippen LogP contribution < -0.4 is 10.4 Å². The van der Waals surface area contributed by atoms with E-state index in [1.54, 1.807) is 0 Å². The van der Waals surface area contributed by atoms with Crippen molar-refractivity contribution in [3.63, 3.8) is 0 Å². The number of halogens is 1. The minimum atomic E-state index is -2.52. The van der Waals surface area contributed by atoms with Crippen molar-refractivity contribution in [2.45, 2.75) is 39.0 Å². The molecule has 0 saturated heterocycles. The standard InChI is InChI=1S/C22H27BrN2O2Si/c1-22(2,3)28(18-10-6-4-7-11-18,19-12-8-5-9-13-19)27-15-14-25-16-20(23)21(17-26)24-25/h4-13,16,26H,14-15,17H2,1-3H3. The Morgan fingerprint density at radius 3 is 1.96 bits per heavy atom. The van der Waals surface area contributed by atoms with E-state index in [2.05, 4.69) is 90.3 Å². The lowest BCUT2D eigenvalue weighted by Crippen LogP contribution is -2.66. The Hall–Kier alpha value is -1.73. The van der Waals surface area contributed by atoms with E-state index in [1.165, 1.54) is 10.4 Å². The van der Waals surface area contributed by atoms with Crippen LogP contribution in [-0.4, -0.2) is 29.8 Å². The van der Waals surface area contributed by atoms with Crippen molar-refractivity contribution in [1.82, 2.24) is 9.78 Å². The third-order valence-electron chi connectivity index (χ3n) is 4.99. The zero-order chi connectivity index (χ0) is 20.2. The number of hydrogen-bond donors (Lipinski definition) is 1. The van der Waals surface area contributed by atoms with E-state index in [0.717, 1.165) is 4.47 Å². The van der Waals surface area contributed by atoms with Crippen LogP contribution in [0.1, 0.15) is 26.5 Å². The van der Waals surface area contributed by atoms with Crippen LogP contribution in [-0.2, 0) is 17.6 Å². The van der Waals surface area contributed by atoms with Gasteiger partial charge in [-0.05, 0) is 31.3 Å². The number of aliphatic hydroxyl groups is 1. The molecule has 0 amide bonds. The summed E-state index contributed by atoms with van der Waals surface area (Å²) in [7, 11) is -2.52. The largest absolute Gasteiger partial charge is 0.406 e. The molecule has 0 bridgehead atoms. The molecular weight excluding hydrogens is 432 g/mol. The summed E-state index contributed by atoms with van der Waals surface area (Å²) in [5, 5.41) is 16.3. The van der Waals surface area contributed by atoms with E-state index >= 15 is 0 Å². The maximum Gasteiger partial charge on any atom is 0.261 e. The lowest BCUT2D eigenvalue weighted by Gasteiger charge is -2.43. The maximum atomic E-state index is 9.36. The molecule has 1 heterocycles. The van der Waals surface area contributed by atoms with Gasteiger partial charge in [-0.25, -0.2) is 0 Å².